The molecule has 200 valence electrons. The summed E-state index contributed by atoms with van der Waals surface area (Å²) in [6.45, 7) is 10.2. The van der Waals surface area contributed by atoms with Gasteiger partial charge >= 0.3 is 5.97 Å². The first-order chi connectivity index (χ1) is 18.2. The summed E-state index contributed by atoms with van der Waals surface area (Å²) in [6, 6.07) is 10.7. The van der Waals surface area contributed by atoms with Crippen LogP contribution in [0.3, 0.4) is 0 Å². The summed E-state index contributed by atoms with van der Waals surface area (Å²) in [7, 11) is 0. The van der Waals surface area contributed by atoms with Crippen molar-refractivity contribution in [2.24, 2.45) is 4.99 Å². The maximum atomic E-state index is 13.9. The van der Waals surface area contributed by atoms with Crippen LogP contribution >= 0.6 is 56.5 Å². The van der Waals surface area contributed by atoms with Crippen molar-refractivity contribution in [3.8, 4) is 11.5 Å². The van der Waals surface area contributed by atoms with Crippen molar-refractivity contribution in [1.29, 1.82) is 0 Å². The van der Waals surface area contributed by atoms with E-state index >= 15 is 0 Å². The minimum Gasteiger partial charge on any atom is -0.492 e. The highest BCUT2D eigenvalue weighted by atomic mass is 127. The number of para-hydroxylation sites is 1. The van der Waals surface area contributed by atoms with E-state index in [-0.39, 0.29) is 18.3 Å². The van der Waals surface area contributed by atoms with E-state index in [1.807, 2.05) is 63.2 Å². The fourth-order valence-electron chi connectivity index (χ4n) is 4.25. The highest BCUT2D eigenvalue weighted by Gasteiger charge is 2.35. The van der Waals surface area contributed by atoms with Gasteiger partial charge in [0, 0.05) is 5.56 Å². The van der Waals surface area contributed by atoms with Gasteiger partial charge in [-0.3, -0.25) is 9.36 Å². The van der Waals surface area contributed by atoms with Gasteiger partial charge in [0.25, 0.3) is 5.56 Å². The lowest BCUT2D eigenvalue weighted by molar-refractivity contribution is -0.139. The van der Waals surface area contributed by atoms with E-state index in [0.717, 1.165) is 18.5 Å². The summed E-state index contributed by atoms with van der Waals surface area (Å²) in [5, 5.41) is 0. The van der Waals surface area contributed by atoms with Gasteiger partial charge in [0.1, 0.15) is 17.5 Å². The Bertz CT molecular complexity index is 1570. The molecular weight excluding hydrogens is 730 g/mol. The number of ether oxygens (including phenoxy) is 3. The zero-order chi connectivity index (χ0) is 27.6. The lowest BCUT2D eigenvalue weighted by Crippen LogP contribution is -2.40. The SMILES string of the molecule is CCOC(=O)C1=C(C)N=c2s/c(=C/c3cc(I)c(OCC)c(I)c3)c(=O)n2[C@@H]1c1ccccc1OC(C)C. The largest absolute Gasteiger partial charge is 0.492 e. The predicted molar refractivity (Wildman–Crippen MR) is 166 cm³/mol. The summed E-state index contributed by atoms with van der Waals surface area (Å²) in [5.74, 6) is 0.945. The molecule has 1 aromatic heterocycles. The Morgan fingerprint density at radius 2 is 1.84 bits per heavy atom. The zero-order valence-electron chi connectivity index (χ0n) is 21.7. The molecule has 4 rings (SSSR count). The zero-order valence-corrected chi connectivity index (χ0v) is 26.8. The molecule has 38 heavy (non-hydrogen) atoms. The van der Waals surface area contributed by atoms with Crippen molar-refractivity contribution in [3.63, 3.8) is 0 Å². The number of halogens is 2. The monoisotopic (exact) mass is 758 g/mol. The number of benzene rings is 2. The second-order valence-corrected chi connectivity index (χ2v) is 12.1. The van der Waals surface area contributed by atoms with Crippen LogP contribution in [-0.4, -0.2) is 29.9 Å². The van der Waals surface area contributed by atoms with Crippen LogP contribution in [-0.2, 0) is 9.53 Å². The molecule has 10 heteroatoms. The molecular formula is C28H28I2N2O5S. The van der Waals surface area contributed by atoms with Crippen LogP contribution in [0.15, 0.2) is 57.5 Å². The van der Waals surface area contributed by atoms with E-state index in [9.17, 15) is 9.59 Å². The number of nitrogens with zero attached hydrogens (tertiary/aromatic N) is 2. The fraction of sp³-hybridized carbons (Fsp3) is 0.321. The number of rotatable bonds is 8. The second-order valence-electron chi connectivity index (χ2n) is 8.75. The summed E-state index contributed by atoms with van der Waals surface area (Å²) in [6.07, 6.45) is 1.77. The van der Waals surface area contributed by atoms with Crippen LogP contribution < -0.4 is 24.4 Å². The average Bonchev–Trinajstić information content (AvgIpc) is 3.15. The molecule has 1 atom stereocenters. The molecule has 2 heterocycles. The number of thiazole rings is 1. The highest BCUT2D eigenvalue weighted by Crippen LogP contribution is 2.36. The maximum absolute atomic E-state index is 13.9. The van der Waals surface area contributed by atoms with Gasteiger partial charge in [0.2, 0.25) is 0 Å². The van der Waals surface area contributed by atoms with E-state index in [1.165, 1.54) is 11.3 Å². The molecule has 0 saturated heterocycles. The van der Waals surface area contributed by atoms with Crippen LogP contribution in [0.5, 0.6) is 11.5 Å². The topological polar surface area (TPSA) is 79.1 Å². The molecule has 0 radical (unpaired) electrons. The average molecular weight is 758 g/mol. The lowest BCUT2D eigenvalue weighted by atomic mass is 9.95. The smallest absolute Gasteiger partial charge is 0.338 e. The third kappa shape index (κ3) is 5.86. The Hall–Kier alpha value is -2.19. The van der Waals surface area contributed by atoms with Crippen molar-refractivity contribution < 1.29 is 19.0 Å². The number of allylic oxidation sites excluding steroid dienone is 1. The third-order valence-electron chi connectivity index (χ3n) is 5.70. The van der Waals surface area contributed by atoms with Gasteiger partial charge in [-0.15, -0.1) is 0 Å². The lowest BCUT2D eigenvalue weighted by Gasteiger charge is -2.26. The molecule has 0 amide bonds. The number of hydrogen-bond donors (Lipinski definition) is 0. The van der Waals surface area contributed by atoms with Gasteiger partial charge in [-0.1, -0.05) is 29.5 Å². The summed E-state index contributed by atoms with van der Waals surface area (Å²) in [5.41, 5.74) is 2.21. The Kier molecular flexibility index (Phi) is 9.35. The summed E-state index contributed by atoms with van der Waals surface area (Å²) >= 11 is 5.79. The third-order valence-corrected chi connectivity index (χ3v) is 8.29. The number of carbonyl (C=O) groups excluding carboxylic acids is 1. The molecule has 0 bridgehead atoms. The predicted octanol–water partition coefficient (Wildman–Crippen LogP) is 5.19. The van der Waals surface area contributed by atoms with Crippen LogP contribution in [0.2, 0.25) is 0 Å². The molecule has 0 unspecified atom stereocenters. The molecule has 0 aliphatic carbocycles. The van der Waals surface area contributed by atoms with E-state index in [0.29, 0.717) is 38.5 Å². The number of fused-ring (bicyclic) bond motifs is 1. The minimum atomic E-state index is -0.733. The first-order valence-electron chi connectivity index (χ1n) is 12.2. The molecule has 0 spiro atoms. The molecule has 0 saturated carbocycles. The molecule has 7 nitrogen and oxygen atoms in total. The summed E-state index contributed by atoms with van der Waals surface area (Å²) < 4.78 is 21.3. The Labute approximate surface area is 252 Å². The Balaban J connectivity index is 1.95. The molecule has 0 fully saturated rings. The number of hydrogen-bond acceptors (Lipinski definition) is 7. The normalized spacial score (nSPS) is 15.4. The first-order valence-corrected chi connectivity index (χ1v) is 15.2. The summed E-state index contributed by atoms with van der Waals surface area (Å²) in [4.78, 5) is 32.3. The number of esters is 1. The minimum absolute atomic E-state index is 0.0901. The standard InChI is InChI=1S/C28H28I2N2O5S/c1-6-35-25-19(29)12-17(13-20(25)30)14-22-26(33)32-24(18-10-8-9-11-21(18)37-15(3)4)23(27(34)36-7-2)16(5)31-28(32)38-22/h8-15,24H,6-7H2,1-5H3/b22-14+/t24-/m1/s1. The van der Waals surface area contributed by atoms with E-state index in [1.54, 1.807) is 18.4 Å². The van der Waals surface area contributed by atoms with Gasteiger partial charge < -0.3 is 14.2 Å². The van der Waals surface area contributed by atoms with Gasteiger partial charge in [-0.2, -0.15) is 0 Å². The van der Waals surface area contributed by atoms with Crippen molar-refractivity contribution in [2.75, 3.05) is 13.2 Å². The second kappa shape index (κ2) is 12.3. The van der Waals surface area contributed by atoms with E-state index in [2.05, 4.69) is 50.2 Å². The van der Waals surface area contributed by atoms with Gasteiger partial charge in [-0.05, 0) is 110 Å². The highest BCUT2D eigenvalue weighted by molar-refractivity contribution is 14.1. The molecule has 2 aromatic carbocycles. The Morgan fingerprint density at radius 1 is 1.16 bits per heavy atom. The first kappa shape index (κ1) is 28.8. The van der Waals surface area contributed by atoms with Crippen LogP contribution in [0.4, 0.5) is 0 Å². The van der Waals surface area contributed by atoms with E-state index in [4.69, 9.17) is 14.2 Å². The van der Waals surface area contributed by atoms with Crippen LogP contribution in [0, 0.1) is 7.14 Å². The fourth-order valence-corrected chi connectivity index (χ4v) is 7.42. The maximum Gasteiger partial charge on any atom is 0.338 e. The number of carbonyl (C=O) groups is 1. The van der Waals surface area contributed by atoms with E-state index < -0.39 is 12.0 Å². The van der Waals surface area contributed by atoms with Crippen molar-refractivity contribution in [3.05, 3.63) is 85.6 Å². The van der Waals surface area contributed by atoms with Crippen molar-refractivity contribution in [2.45, 2.75) is 46.8 Å². The molecule has 1 aliphatic rings. The van der Waals surface area contributed by atoms with Crippen LogP contribution in [0.25, 0.3) is 6.08 Å². The Morgan fingerprint density at radius 3 is 2.47 bits per heavy atom. The van der Waals surface area contributed by atoms with Gasteiger partial charge in [0.05, 0.1) is 42.3 Å². The quantitative estimate of drug-likeness (QED) is 0.234. The van der Waals surface area contributed by atoms with Gasteiger partial charge in [0.15, 0.2) is 4.80 Å². The molecule has 1 aliphatic heterocycles. The number of aromatic nitrogens is 1. The van der Waals surface area contributed by atoms with Crippen molar-refractivity contribution >= 4 is 68.6 Å². The van der Waals surface area contributed by atoms with Gasteiger partial charge in [-0.25, -0.2) is 9.79 Å². The van der Waals surface area contributed by atoms with Crippen molar-refractivity contribution in [1.82, 2.24) is 4.57 Å². The molecule has 0 N–H and O–H groups in total. The van der Waals surface area contributed by atoms with Crippen LogP contribution in [0.1, 0.15) is 51.8 Å². The molecule has 3 aromatic rings.